The van der Waals surface area contributed by atoms with Crippen molar-refractivity contribution in [2.45, 2.75) is 6.54 Å². The molecule has 0 bridgehead atoms. The zero-order valence-corrected chi connectivity index (χ0v) is 16.0. The second-order valence-corrected chi connectivity index (χ2v) is 6.44. The van der Waals surface area contributed by atoms with Crippen LogP contribution in [0.1, 0.15) is 5.56 Å². The van der Waals surface area contributed by atoms with E-state index in [-0.39, 0.29) is 29.7 Å². The van der Waals surface area contributed by atoms with Gasteiger partial charge in [-0.05, 0) is 12.1 Å². The maximum atomic E-state index is 14.2. The van der Waals surface area contributed by atoms with Gasteiger partial charge in [0.15, 0.2) is 17.4 Å². The number of nitrogens with zero attached hydrogens (tertiary/aromatic N) is 5. The van der Waals surface area contributed by atoms with Crippen molar-refractivity contribution in [1.82, 2.24) is 24.9 Å². The van der Waals surface area contributed by atoms with E-state index in [4.69, 9.17) is 15.4 Å². The molecule has 4 rings (SSSR count). The zero-order chi connectivity index (χ0) is 22.0. The first-order valence-corrected chi connectivity index (χ1v) is 8.96. The Morgan fingerprint density at radius 2 is 2.10 bits per heavy atom. The van der Waals surface area contributed by atoms with Crippen LogP contribution >= 0.6 is 0 Å². The van der Waals surface area contributed by atoms with Crippen LogP contribution in [0.4, 0.5) is 15.9 Å². The van der Waals surface area contributed by atoms with Gasteiger partial charge in [-0.15, -0.1) is 0 Å². The molecule has 0 saturated heterocycles. The Balaban J connectivity index is 1.71. The van der Waals surface area contributed by atoms with Gasteiger partial charge in [0.25, 0.3) is 5.91 Å². The van der Waals surface area contributed by atoms with Crippen LogP contribution in [0.3, 0.4) is 0 Å². The second-order valence-electron chi connectivity index (χ2n) is 6.44. The molecule has 156 valence electrons. The van der Waals surface area contributed by atoms with Gasteiger partial charge < -0.3 is 20.7 Å². The molecule has 0 fully saturated rings. The number of hydrogen-bond donors (Lipinski definition) is 3. The molecule has 0 radical (unpaired) electrons. The van der Waals surface area contributed by atoms with Gasteiger partial charge in [-0.1, -0.05) is 29.9 Å². The number of rotatable bonds is 6. The summed E-state index contributed by atoms with van der Waals surface area (Å²) in [7, 11) is 0. The van der Waals surface area contributed by atoms with Gasteiger partial charge in [-0.3, -0.25) is 9.48 Å². The number of anilines is 2. The van der Waals surface area contributed by atoms with Gasteiger partial charge in [0.05, 0.1) is 18.4 Å². The molecule has 0 unspecified atom stereocenters. The normalized spacial score (nSPS) is 10.7. The van der Waals surface area contributed by atoms with Crippen LogP contribution in [0.15, 0.2) is 65.7 Å². The number of nitrogens with one attached hydrogen (secondary N) is 1. The van der Waals surface area contributed by atoms with Crippen molar-refractivity contribution >= 4 is 17.4 Å². The number of nitrogens with two attached hydrogens (primary N) is 1. The summed E-state index contributed by atoms with van der Waals surface area (Å²) in [6.45, 7) is 3.27. The molecule has 3 heterocycles. The lowest BCUT2D eigenvalue weighted by Crippen LogP contribution is -2.15. The SMILES string of the molecule is C=C(O)C(=O)Nc1cnc(-c2cc(-c3ccon3)n(Cc3ccccc3F)n2)nc1N. The van der Waals surface area contributed by atoms with E-state index in [9.17, 15) is 9.18 Å². The minimum absolute atomic E-state index is 0.0359. The highest BCUT2D eigenvalue weighted by atomic mass is 19.1. The third kappa shape index (κ3) is 4.10. The van der Waals surface area contributed by atoms with Crippen molar-refractivity contribution in [3.8, 4) is 22.9 Å². The number of benzene rings is 1. The summed E-state index contributed by atoms with van der Waals surface area (Å²) in [6.07, 6.45) is 2.70. The van der Waals surface area contributed by atoms with Gasteiger partial charge in [-0.25, -0.2) is 14.4 Å². The highest BCUT2D eigenvalue weighted by Crippen LogP contribution is 2.26. The van der Waals surface area contributed by atoms with Crippen molar-refractivity contribution in [2.75, 3.05) is 11.1 Å². The Bertz CT molecular complexity index is 1270. The molecule has 3 aromatic heterocycles. The van der Waals surface area contributed by atoms with Crippen LogP contribution in [-0.2, 0) is 11.3 Å². The number of carbonyl (C=O) groups is 1. The van der Waals surface area contributed by atoms with E-state index in [2.05, 4.69) is 32.1 Å². The lowest BCUT2D eigenvalue weighted by atomic mass is 10.2. The number of hydrogen-bond acceptors (Lipinski definition) is 8. The molecule has 1 amide bonds. The van der Waals surface area contributed by atoms with Gasteiger partial charge in [0.2, 0.25) is 0 Å². The summed E-state index contributed by atoms with van der Waals surface area (Å²) < 4.78 is 20.6. The Morgan fingerprint density at radius 1 is 1.29 bits per heavy atom. The fourth-order valence-electron chi connectivity index (χ4n) is 2.79. The molecular formula is C20H16FN7O3. The molecule has 0 aliphatic rings. The molecule has 4 aromatic rings. The van der Waals surface area contributed by atoms with E-state index in [0.717, 1.165) is 0 Å². The van der Waals surface area contributed by atoms with Crippen molar-refractivity contribution in [3.63, 3.8) is 0 Å². The predicted molar refractivity (Wildman–Crippen MR) is 109 cm³/mol. The summed E-state index contributed by atoms with van der Waals surface area (Å²) in [6, 6.07) is 9.68. The first kappa shape index (κ1) is 19.8. The van der Waals surface area contributed by atoms with Crippen molar-refractivity contribution < 1.29 is 18.8 Å². The number of nitrogen functional groups attached to an aromatic ring is 1. The third-order valence-corrected chi connectivity index (χ3v) is 4.32. The molecule has 0 saturated carbocycles. The first-order chi connectivity index (χ1) is 14.9. The maximum Gasteiger partial charge on any atom is 0.289 e. The maximum absolute atomic E-state index is 14.2. The van der Waals surface area contributed by atoms with Crippen LogP contribution in [0.2, 0.25) is 0 Å². The number of aromatic nitrogens is 5. The van der Waals surface area contributed by atoms with Crippen LogP contribution in [-0.4, -0.2) is 35.9 Å². The molecule has 0 aliphatic heterocycles. The van der Waals surface area contributed by atoms with E-state index in [1.165, 1.54) is 18.5 Å². The smallest absolute Gasteiger partial charge is 0.289 e. The summed E-state index contributed by atoms with van der Waals surface area (Å²) in [5.41, 5.74) is 7.84. The van der Waals surface area contributed by atoms with Crippen molar-refractivity contribution in [3.05, 3.63) is 72.6 Å². The number of halogens is 1. The average Bonchev–Trinajstić information content (AvgIpc) is 3.41. The Labute approximate surface area is 174 Å². The van der Waals surface area contributed by atoms with E-state index in [1.807, 2.05) is 0 Å². The van der Waals surface area contributed by atoms with Crippen LogP contribution < -0.4 is 11.1 Å². The average molecular weight is 421 g/mol. The Hall–Kier alpha value is -4.54. The summed E-state index contributed by atoms with van der Waals surface area (Å²) >= 11 is 0. The summed E-state index contributed by atoms with van der Waals surface area (Å²) in [5.74, 6) is -1.73. The topological polar surface area (TPSA) is 145 Å². The lowest BCUT2D eigenvalue weighted by Gasteiger charge is -2.07. The van der Waals surface area contributed by atoms with Crippen molar-refractivity contribution in [2.24, 2.45) is 0 Å². The molecule has 1 aromatic carbocycles. The molecular weight excluding hydrogens is 405 g/mol. The summed E-state index contributed by atoms with van der Waals surface area (Å²) in [4.78, 5) is 19.9. The highest BCUT2D eigenvalue weighted by molar-refractivity contribution is 6.02. The Morgan fingerprint density at radius 3 is 2.77 bits per heavy atom. The van der Waals surface area contributed by atoms with Gasteiger partial charge in [0.1, 0.15) is 29.2 Å². The largest absolute Gasteiger partial charge is 0.503 e. The monoisotopic (exact) mass is 421 g/mol. The first-order valence-electron chi connectivity index (χ1n) is 8.96. The minimum Gasteiger partial charge on any atom is -0.503 e. The number of aliphatic hydroxyl groups is 1. The predicted octanol–water partition coefficient (Wildman–Crippen LogP) is 2.77. The molecule has 0 spiro atoms. The van der Waals surface area contributed by atoms with Crippen LogP contribution in [0.25, 0.3) is 22.9 Å². The molecule has 4 N–H and O–H groups in total. The molecule has 0 aliphatic carbocycles. The number of carbonyl (C=O) groups excluding carboxylic acids is 1. The summed E-state index contributed by atoms with van der Waals surface area (Å²) in [5, 5.41) is 19.9. The fourth-order valence-corrected chi connectivity index (χ4v) is 2.79. The van der Waals surface area contributed by atoms with E-state index >= 15 is 0 Å². The molecule has 11 heteroatoms. The van der Waals surface area contributed by atoms with Crippen LogP contribution in [0, 0.1) is 5.82 Å². The third-order valence-electron chi connectivity index (χ3n) is 4.32. The fraction of sp³-hybridized carbons (Fsp3) is 0.0500. The molecule has 0 atom stereocenters. The van der Waals surface area contributed by atoms with Crippen molar-refractivity contribution in [1.29, 1.82) is 0 Å². The quantitative estimate of drug-likeness (QED) is 0.318. The van der Waals surface area contributed by atoms with Gasteiger partial charge in [0, 0.05) is 11.6 Å². The second kappa shape index (κ2) is 8.06. The highest BCUT2D eigenvalue weighted by Gasteiger charge is 2.18. The standard InChI is InChI=1S/C20H16FN7O3/c1-11(29)20(30)24-16-9-23-19(25-18(16)22)15-8-17(14-6-7-31-27-14)28(26-15)10-12-4-2-3-5-13(12)21/h2-9,29H,1,10H2,(H,24,30)(H2,22,23,25). The minimum atomic E-state index is -0.828. The van der Waals surface area contributed by atoms with Crippen LogP contribution in [0.5, 0.6) is 0 Å². The van der Waals surface area contributed by atoms with E-state index < -0.39 is 11.7 Å². The Kier molecular flexibility index (Phi) is 5.14. The molecule has 31 heavy (non-hydrogen) atoms. The molecule has 10 nitrogen and oxygen atoms in total. The van der Waals surface area contributed by atoms with E-state index in [0.29, 0.717) is 22.6 Å². The number of amides is 1. The van der Waals surface area contributed by atoms with Gasteiger partial charge >= 0.3 is 0 Å². The van der Waals surface area contributed by atoms with E-state index in [1.54, 1.807) is 35.0 Å². The van der Waals surface area contributed by atoms with Gasteiger partial charge in [-0.2, -0.15) is 5.10 Å². The zero-order valence-electron chi connectivity index (χ0n) is 16.0. The number of aliphatic hydroxyl groups excluding tert-OH is 1. The lowest BCUT2D eigenvalue weighted by molar-refractivity contribution is -0.115.